The Kier molecular flexibility index (Phi) is 6.90. The van der Waals surface area contributed by atoms with Crippen LogP contribution in [0.4, 0.5) is 0 Å². The largest absolute Gasteiger partial charge is 0.494 e. The molecule has 1 aromatic carbocycles. The number of unbranched alkanes of at least 4 members (excludes halogenated alkanes) is 2. The molecule has 2 nitrogen and oxygen atoms in total. The van der Waals surface area contributed by atoms with Crippen LogP contribution in [0.1, 0.15) is 26.2 Å². The van der Waals surface area contributed by atoms with Gasteiger partial charge in [-0.1, -0.05) is 0 Å². The molecule has 0 aliphatic heterocycles. The summed E-state index contributed by atoms with van der Waals surface area (Å²) in [4.78, 5) is 0. The highest BCUT2D eigenvalue weighted by atomic mass is 32.1. The standard InChI is InChI=1S/C13H20O2S/c1-2-14-12-6-8-13(9-7-12)15-10-4-3-5-11-16/h6-9,16H,2-5,10-11H2,1H3. The SMILES string of the molecule is CCOc1ccc(OCCCCCS)cc1. The van der Waals surface area contributed by atoms with Crippen LogP contribution in [0.2, 0.25) is 0 Å². The van der Waals surface area contributed by atoms with Gasteiger partial charge in [0.2, 0.25) is 0 Å². The Labute approximate surface area is 103 Å². The zero-order chi connectivity index (χ0) is 11.6. The summed E-state index contributed by atoms with van der Waals surface area (Å²) in [7, 11) is 0. The van der Waals surface area contributed by atoms with E-state index < -0.39 is 0 Å². The Balaban J connectivity index is 2.21. The van der Waals surface area contributed by atoms with E-state index in [0.717, 1.165) is 36.7 Å². The first kappa shape index (κ1) is 13.2. The molecular formula is C13H20O2S. The lowest BCUT2D eigenvalue weighted by atomic mass is 10.2. The number of ether oxygens (including phenoxy) is 2. The molecule has 0 spiro atoms. The average Bonchev–Trinajstić information content (AvgIpc) is 2.31. The molecule has 0 radical (unpaired) electrons. The second-order valence-electron chi connectivity index (χ2n) is 3.54. The van der Waals surface area contributed by atoms with Crippen molar-refractivity contribution in [2.45, 2.75) is 26.2 Å². The molecule has 0 bridgehead atoms. The minimum Gasteiger partial charge on any atom is -0.494 e. The van der Waals surface area contributed by atoms with Crippen LogP contribution in [0.25, 0.3) is 0 Å². The maximum atomic E-state index is 5.61. The van der Waals surface area contributed by atoms with Gasteiger partial charge in [-0.15, -0.1) is 0 Å². The minimum absolute atomic E-state index is 0.698. The molecule has 16 heavy (non-hydrogen) atoms. The van der Waals surface area contributed by atoms with Crippen molar-refractivity contribution in [2.75, 3.05) is 19.0 Å². The summed E-state index contributed by atoms with van der Waals surface area (Å²) >= 11 is 4.17. The second kappa shape index (κ2) is 8.34. The zero-order valence-corrected chi connectivity index (χ0v) is 10.7. The van der Waals surface area contributed by atoms with E-state index in [1.165, 1.54) is 6.42 Å². The fourth-order valence-corrected chi connectivity index (χ4v) is 1.60. The third kappa shape index (κ3) is 5.31. The molecule has 0 unspecified atom stereocenters. The van der Waals surface area contributed by atoms with E-state index in [2.05, 4.69) is 12.6 Å². The highest BCUT2D eigenvalue weighted by Gasteiger charge is 1.95. The van der Waals surface area contributed by atoms with E-state index in [9.17, 15) is 0 Å². The predicted molar refractivity (Wildman–Crippen MR) is 70.8 cm³/mol. The Morgan fingerprint density at radius 3 is 2.12 bits per heavy atom. The molecule has 0 aliphatic rings. The molecule has 1 rings (SSSR count). The summed E-state index contributed by atoms with van der Waals surface area (Å²) in [5.74, 6) is 2.77. The average molecular weight is 240 g/mol. The summed E-state index contributed by atoms with van der Waals surface area (Å²) < 4.78 is 11.0. The van der Waals surface area contributed by atoms with Gasteiger partial charge in [-0.25, -0.2) is 0 Å². The van der Waals surface area contributed by atoms with Crippen molar-refractivity contribution < 1.29 is 9.47 Å². The van der Waals surface area contributed by atoms with Gasteiger partial charge in [0.15, 0.2) is 0 Å². The molecule has 0 saturated heterocycles. The van der Waals surface area contributed by atoms with E-state index >= 15 is 0 Å². The fourth-order valence-electron chi connectivity index (χ4n) is 1.38. The quantitative estimate of drug-likeness (QED) is 0.553. The van der Waals surface area contributed by atoms with Gasteiger partial charge < -0.3 is 9.47 Å². The molecule has 0 heterocycles. The van der Waals surface area contributed by atoms with Crippen LogP contribution in [0.3, 0.4) is 0 Å². The topological polar surface area (TPSA) is 18.5 Å². The molecule has 0 atom stereocenters. The molecule has 90 valence electrons. The van der Waals surface area contributed by atoms with Gasteiger partial charge in [-0.2, -0.15) is 12.6 Å². The summed E-state index contributed by atoms with van der Waals surface area (Å²) in [6, 6.07) is 7.77. The lowest BCUT2D eigenvalue weighted by Gasteiger charge is -2.07. The van der Waals surface area contributed by atoms with Gasteiger partial charge in [0, 0.05) is 0 Å². The lowest BCUT2D eigenvalue weighted by Crippen LogP contribution is -1.97. The summed E-state index contributed by atoms with van der Waals surface area (Å²) in [6.45, 7) is 3.46. The maximum Gasteiger partial charge on any atom is 0.119 e. The molecular weight excluding hydrogens is 220 g/mol. The van der Waals surface area contributed by atoms with Gasteiger partial charge in [-0.3, -0.25) is 0 Å². The second-order valence-corrected chi connectivity index (χ2v) is 3.98. The van der Waals surface area contributed by atoms with Crippen molar-refractivity contribution in [3.8, 4) is 11.5 Å². The van der Waals surface area contributed by atoms with Crippen LogP contribution in [0, 0.1) is 0 Å². The molecule has 0 amide bonds. The Bertz CT molecular complexity index is 272. The molecule has 0 aliphatic carbocycles. The first-order chi connectivity index (χ1) is 7.86. The Morgan fingerprint density at radius 1 is 0.938 bits per heavy atom. The van der Waals surface area contributed by atoms with Crippen LogP contribution in [-0.4, -0.2) is 19.0 Å². The van der Waals surface area contributed by atoms with Gasteiger partial charge in [-0.05, 0) is 56.2 Å². The van der Waals surface area contributed by atoms with E-state index in [0.29, 0.717) is 6.61 Å². The zero-order valence-electron chi connectivity index (χ0n) is 9.82. The summed E-state index contributed by atoms with van der Waals surface area (Å²) in [6.07, 6.45) is 3.43. The molecule has 0 saturated carbocycles. The Morgan fingerprint density at radius 2 is 1.56 bits per heavy atom. The monoisotopic (exact) mass is 240 g/mol. The van der Waals surface area contributed by atoms with E-state index in [-0.39, 0.29) is 0 Å². The van der Waals surface area contributed by atoms with Gasteiger partial charge in [0.1, 0.15) is 11.5 Å². The third-order valence-corrected chi connectivity index (χ3v) is 2.52. The molecule has 0 fully saturated rings. The highest BCUT2D eigenvalue weighted by molar-refractivity contribution is 7.80. The lowest BCUT2D eigenvalue weighted by molar-refractivity contribution is 0.304. The minimum atomic E-state index is 0.698. The fraction of sp³-hybridized carbons (Fsp3) is 0.538. The van der Waals surface area contributed by atoms with Crippen molar-refractivity contribution in [2.24, 2.45) is 0 Å². The van der Waals surface area contributed by atoms with Gasteiger partial charge in [0.25, 0.3) is 0 Å². The Hall–Kier alpha value is -0.830. The summed E-state index contributed by atoms with van der Waals surface area (Å²) in [5.41, 5.74) is 0. The first-order valence-electron chi connectivity index (χ1n) is 5.83. The van der Waals surface area contributed by atoms with Crippen LogP contribution in [-0.2, 0) is 0 Å². The van der Waals surface area contributed by atoms with Crippen LogP contribution in [0.5, 0.6) is 11.5 Å². The molecule has 0 aromatic heterocycles. The summed E-state index contributed by atoms with van der Waals surface area (Å²) in [5, 5.41) is 0. The van der Waals surface area contributed by atoms with E-state index in [1.54, 1.807) is 0 Å². The molecule has 3 heteroatoms. The number of rotatable bonds is 8. The van der Waals surface area contributed by atoms with Crippen LogP contribution < -0.4 is 9.47 Å². The van der Waals surface area contributed by atoms with Crippen molar-refractivity contribution in [3.63, 3.8) is 0 Å². The van der Waals surface area contributed by atoms with Crippen LogP contribution >= 0.6 is 12.6 Å². The number of thiol groups is 1. The number of hydrogen-bond acceptors (Lipinski definition) is 3. The van der Waals surface area contributed by atoms with Crippen molar-refractivity contribution in [3.05, 3.63) is 24.3 Å². The van der Waals surface area contributed by atoms with Gasteiger partial charge >= 0.3 is 0 Å². The first-order valence-corrected chi connectivity index (χ1v) is 6.46. The maximum absolute atomic E-state index is 5.61. The normalized spacial score (nSPS) is 10.1. The highest BCUT2D eigenvalue weighted by Crippen LogP contribution is 2.17. The smallest absolute Gasteiger partial charge is 0.119 e. The van der Waals surface area contributed by atoms with Crippen molar-refractivity contribution >= 4 is 12.6 Å². The van der Waals surface area contributed by atoms with Crippen LogP contribution in [0.15, 0.2) is 24.3 Å². The number of benzene rings is 1. The molecule has 1 aromatic rings. The molecule has 0 N–H and O–H groups in total. The third-order valence-electron chi connectivity index (χ3n) is 2.21. The number of hydrogen-bond donors (Lipinski definition) is 1. The van der Waals surface area contributed by atoms with Crippen molar-refractivity contribution in [1.82, 2.24) is 0 Å². The van der Waals surface area contributed by atoms with E-state index in [4.69, 9.17) is 9.47 Å². The van der Waals surface area contributed by atoms with Gasteiger partial charge in [0.05, 0.1) is 13.2 Å². The predicted octanol–water partition coefficient (Wildman–Crippen LogP) is 3.56. The van der Waals surface area contributed by atoms with E-state index in [1.807, 2.05) is 31.2 Å². The van der Waals surface area contributed by atoms with Crippen molar-refractivity contribution in [1.29, 1.82) is 0 Å².